The number of hydrogen-bond donors (Lipinski definition) is 0. The average Bonchev–Trinajstić information content (AvgIpc) is 2.03. The second-order valence-electron chi connectivity index (χ2n) is 2.13. The maximum absolute atomic E-state index is 12.2. The summed E-state index contributed by atoms with van der Waals surface area (Å²) in [6.07, 6.45) is -8.16. The van der Waals surface area contributed by atoms with Crippen LogP contribution in [0.4, 0.5) is 22.0 Å². The summed E-state index contributed by atoms with van der Waals surface area (Å²) in [5.41, 5.74) is 0. The lowest BCUT2D eigenvalue weighted by Crippen LogP contribution is -2.40. The summed E-state index contributed by atoms with van der Waals surface area (Å²) >= 11 is 0. The van der Waals surface area contributed by atoms with Crippen LogP contribution in [0.15, 0.2) is 0 Å². The molecule has 0 amide bonds. The molecule has 13 heavy (non-hydrogen) atoms. The molecular formula is C6H7F5O2. The highest BCUT2D eigenvalue weighted by atomic mass is 19.3. The van der Waals surface area contributed by atoms with Gasteiger partial charge in [0.15, 0.2) is 0 Å². The van der Waals surface area contributed by atoms with Crippen LogP contribution in [0.3, 0.4) is 0 Å². The number of esters is 1. The van der Waals surface area contributed by atoms with Crippen molar-refractivity contribution in [1.82, 2.24) is 0 Å². The highest BCUT2D eigenvalue weighted by molar-refractivity contribution is 5.69. The summed E-state index contributed by atoms with van der Waals surface area (Å²) < 4.78 is 62.5. The van der Waals surface area contributed by atoms with E-state index in [0.29, 0.717) is 0 Å². The molecule has 0 aromatic rings. The number of carbonyl (C=O) groups excluding carboxylic acids is 1. The summed E-state index contributed by atoms with van der Waals surface area (Å²) in [6.45, 7) is 1.22. The van der Waals surface area contributed by atoms with Gasteiger partial charge >= 0.3 is 24.7 Å². The minimum atomic E-state index is -4.95. The standard InChI is InChI=1S/C6H7F5O2/c1-2-3(12)13-5(9)6(10,11)4(7)8/h4-5H,2H2,1H3. The Morgan fingerprint density at radius 3 is 2.15 bits per heavy atom. The van der Waals surface area contributed by atoms with Crippen molar-refractivity contribution in [3.63, 3.8) is 0 Å². The van der Waals surface area contributed by atoms with E-state index in [0.717, 1.165) is 0 Å². The quantitative estimate of drug-likeness (QED) is 0.520. The van der Waals surface area contributed by atoms with Gasteiger partial charge in [0.05, 0.1) is 0 Å². The summed E-state index contributed by atoms with van der Waals surface area (Å²) in [4.78, 5) is 10.3. The molecule has 0 radical (unpaired) electrons. The predicted molar refractivity (Wildman–Crippen MR) is 32.2 cm³/mol. The normalized spacial score (nSPS) is 14.4. The molecule has 0 rings (SSSR count). The van der Waals surface area contributed by atoms with Crippen LogP contribution < -0.4 is 0 Å². The van der Waals surface area contributed by atoms with E-state index in [1.165, 1.54) is 6.92 Å². The van der Waals surface area contributed by atoms with E-state index >= 15 is 0 Å². The van der Waals surface area contributed by atoms with Gasteiger partial charge in [0.25, 0.3) is 0 Å². The van der Waals surface area contributed by atoms with E-state index < -0.39 is 24.7 Å². The molecule has 0 aromatic heterocycles. The number of hydrogen-bond acceptors (Lipinski definition) is 2. The highest BCUT2D eigenvalue weighted by Gasteiger charge is 2.52. The topological polar surface area (TPSA) is 26.3 Å². The zero-order valence-electron chi connectivity index (χ0n) is 6.57. The lowest BCUT2D eigenvalue weighted by atomic mass is 10.3. The molecule has 0 fully saturated rings. The lowest BCUT2D eigenvalue weighted by Gasteiger charge is -2.19. The SMILES string of the molecule is CCC(=O)OC(F)C(F)(F)C(F)F. The number of ether oxygens (including phenoxy) is 1. The van der Waals surface area contributed by atoms with Crippen LogP contribution in [-0.4, -0.2) is 24.7 Å². The van der Waals surface area contributed by atoms with E-state index in [1.54, 1.807) is 0 Å². The maximum atomic E-state index is 12.2. The van der Waals surface area contributed by atoms with Crippen molar-refractivity contribution < 1.29 is 31.5 Å². The monoisotopic (exact) mass is 206 g/mol. The van der Waals surface area contributed by atoms with Crippen LogP contribution in [-0.2, 0) is 9.53 Å². The highest BCUT2D eigenvalue weighted by Crippen LogP contribution is 2.29. The summed E-state index contributed by atoms with van der Waals surface area (Å²) in [5, 5.41) is 0. The Morgan fingerprint density at radius 1 is 1.38 bits per heavy atom. The fourth-order valence-electron chi connectivity index (χ4n) is 0.376. The number of alkyl halides is 5. The molecule has 0 N–H and O–H groups in total. The van der Waals surface area contributed by atoms with Crippen molar-refractivity contribution in [3.05, 3.63) is 0 Å². The van der Waals surface area contributed by atoms with Crippen molar-refractivity contribution in [2.75, 3.05) is 0 Å². The largest absolute Gasteiger partial charge is 0.424 e. The van der Waals surface area contributed by atoms with Gasteiger partial charge in [-0.15, -0.1) is 0 Å². The maximum Gasteiger partial charge on any atom is 0.372 e. The van der Waals surface area contributed by atoms with E-state index in [1.807, 2.05) is 0 Å². The van der Waals surface area contributed by atoms with Crippen LogP contribution >= 0.6 is 0 Å². The zero-order valence-corrected chi connectivity index (χ0v) is 6.57. The van der Waals surface area contributed by atoms with E-state index in [9.17, 15) is 26.7 Å². The average molecular weight is 206 g/mol. The summed E-state index contributed by atoms with van der Waals surface area (Å²) in [5.74, 6) is -6.25. The fraction of sp³-hybridized carbons (Fsp3) is 0.833. The minimum Gasteiger partial charge on any atom is -0.424 e. The molecule has 0 heterocycles. The molecule has 0 aromatic carbocycles. The molecule has 1 unspecified atom stereocenters. The third-order valence-electron chi connectivity index (χ3n) is 1.12. The Labute approximate surface area is 70.7 Å². The second-order valence-corrected chi connectivity index (χ2v) is 2.13. The van der Waals surface area contributed by atoms with Crippen molar-refractivity contribution >= 4 is 5.97 Å². The summed E-state index contributed by atoms with van der Waals surface area (Å²) in [6, 6.07) is 0. The first kappa shape index (κ1) is 12.1. The Balaban J connectivity index is 4.24. The van der Waals surface area contributed by atoms with Gasteiger partial charge in [-0.3, -0.25) is 4.79 Å². The van der Waals surface area contributed by atoms with Crippen LogP contribution in [0.5, 0.6) is 0 Å². The number of rotatable bonds is 4. The van der Waals surface area contributed by atoms with Crippen LogP contribution in [0.25, 0.3) is 0 Å². The Hall–Kier alpha value is -0.880. The molecule has 7 heteroatoms. The molecule has 0 saturated carbocycles. The third-order valence-corrected chi connectivity index (χ3v) is 1.12. The van der Waals surface area contributed by atoms with Gasteiger partial charge in [-0.25, -0.2) is 8.78 Å². The van der Waals surface area contributed by atoms with Crippen LogP contribution in [0.1, 0.15) is 13.3 Å². The first-order valence-corrected chi connectivity index (χ1v) is 3.31. The van der Waals surface area contributed by atoms with Crippen molar-refractivity contribution in [3.8, 4) is 0 Å². The van der Waals surface area contributed by atoms with Gasteiger partial charge in [0, 0.05) is 6.42 Å². The lowest BCUT2D eigenvalue weighted by molar-refractivity contribution is -0.243. The van der Waals surface area contributed by atoms with Crippen molar-refractivity contribution in [1.29, 1.82) is 0 Å². The Kier molecular flexibility index (Phi) is 4.09. The number of carbonyl (C=O) groups is 1. The molecule has 0 bridgehead atoms. The smallest absolute Gasteiger partial charge is 0.372 e. The van der Waals surface area contributed by atoms with Gasteiger partial charge in [-0.05, 0) is 0 Å². The van der Waals surface area contributed by atoms with Gasteiger partial charge in [0.1, 0.15) is 0 Å². The first-order valence-electron chi connectivity index (χ1n) is 3.31. The van der Waals surface area contributed by atoms with E-state index in [2.05, 4.69) is 4.74 Å². The molecule has 0 aliphatic heterocycles. The van der Waals surface area contributed by atoms with Crippen molar-refractivity contribution in [2.24, 2.45) is 0 Å². The van der Waals surface area contributed by atoms with E-state index in [4.69, 9.17) is 0 Å². The molecule has 1 atom stereocenters. The minimum absolute atomic E-state index is 0.361. The predicted octanol–water partition coefficient (Wildman–Crippen LogP) is 2.14. The molecule has 78 valence electrons. The van der Waals surface area contributed by atoms with Gasteiger partial charge in [-0.2, -0.15) is 13.2 Å². The van der Waals surface area contributed by atoms with Gasteiger partial charge in [-0.1, -0.05) is 6.92 Å². The molecule has 0 saturated heterocycles. The third kappa shape index (κ3) is 3.16. The molecule has 0 aliphatic rings. The molecular weight excluding hydrogens is 199 g/mol. The number of halogens is 5. The Morgan fingerprint density at radius 2 is 1.85 bits per heavy atom. The first-order chi connectivity index (χ1) is 5.82. The zero-order chi connectivity index (χ0) is 10.6. The van der Waals surface area contributed by atoms with E-state index in [-0.39, 0.29) is 6.42 Å². The molecule has 0 spiro atoms. The van der Waals surface area contributed by atoms with Gasteiger partial charge in [0.2, 0.25) is 0 Å². The molecule has 0 aliphatic carbocycles. The van der Waals surface area contributed by atoms with Gasteiger partial charge < -0.3 is 4.74 Å². The summed E-state index contributed by atoms with van der Waals surface area (Å²) in [7, 11) is 0. The van der Waals surface area contributed by atoms with Crippen LogP contribution in [0.2, 0.25) is 0 Å². The molecule has 2 nitrogen and oxygen atoms in total. The Bertz CT molecular complexity index is 182. The second kappa shape index (κ2) is 4.38. The fourth-order valence-corrected chi connectivity index (χ4v) is 0.376. The van der Waals surface area contributed by atoms with Crippen molar-refractivity contribution in [2.45, 2.75) is 32.1 Å². The van der Waals surface area contributed by atoms with Crippen LogP contribution in [0, 0.1) is 0 Å².